The van der Waals surface area contributed by atoms with Gasteiger partial charge in [-0.3, -0.25) is 9.67 Å². The molecule has 0 aliphatic heterocycles. The second kappa shape index (κ2) is 4.68. The van der Waals surface area contributed by atoms with Crippen molar-refractivity contribution in [3.63, 3.8) is 0 Å². The van der Waals surface area contributed by atoms with E-state index in [9.17, 15) is 0 Å². The zero-order chi connectivity index (χ0) is 13.2. The number of benzene rings is 1. The van der Waals surface area contributed by atoms with Crippen LogP contribution in [-0.2, 0) is 13.7 Å². The van der Waals surface area contributed by atoms with E-state index in [2.05, 4.69) is 15.1 Å². The van der Waals surface area contributed by atoms with Crippen molar-refractivity contribution in [2.24, 2.45) is 7.05 Å². The third-order valence-electron chi connectivity index (χ3n) is 2.99. The van der Waals surface area contributed by atoms with E-state index in [4.69, 9.17) is 4.74 Å². The van der Waals surface area contributed by atoms with Crippen molar-refractivity contribution in [1.29, 1.82) is 0 Å². The maximum atomic E-state index is 5.82. The van der Waals surface area contributed by atoms with Gasteiger partial charge < -0.3 is 4.74 Å². The van der Waals surface area contributed by atoms with Gasteiger partial charge in [0.1, 0.15) is 18.7 Å². The van der Waals surface area contributed by atoms with Crippen molar-refractivity contribution in [2.75, 3.05) is 0 Å². The first kappa shape index (κ1) is 11.6. The van der Waals surface area contributed by atoms with Gasteiger partial charge in [-0.1, -0.05) is 6.07 Å². The molecule has 0 N–H and O–H groups in total. The molecule has 96 valence electrons. The van der Waals surface area contributed by atoms with Crippen LogP contribution < -0.4 is 4.74 Å². The van der Waals surface area contributed by atoms with Gasteiger partial charge in [0, 0.05) is 18.1 Å². The molecule has 0 aliphatic carbocycles. The van der Waals surface area contributed by atoms with Crippen molar-refractivity contribution in [3.8, 4) is 5.75 Å². The lowest BCUT2D eigenvalue weighted by atomic mass is 10.2. The first-order chi connectivity index (χ1) is 9.24. The highest BCUT2D eigenvalue weighted by Gasteiger charge is 2.06. The second-order valence-electron chi connectivity index (χ2n) is 4.36. The number of fused-ring (bicyclic) bond motifs is 1. The van der Waals surface area contributed by atoms with Crippen LogP contribution >= 0.6 is 0 Å². The van der Waals surface area contributed by atoms with E-state index in [1.807, 2.05) is 44.3 Å². The number of hydrogen-bond acceptors (Lipinski definition) is 4. The monoisotopic (exact) mass is 254 g/mol. The van der Waals surface area contributed by atoms with Crippen LogP contribution in [0.2, 0.25) is 0 Å². The topological polar surface area (TPSA) is 52.8 Å². The molecule has 0 saturated carbocycles. The number of nitrogens with zero attached hydrogens (tertiary/aromatic N) is 4. The molecular weight excluding hydrogens is 240 g/mol. The fraction of sp³-hybridized carbons (Fsp3) is 0.214. The predicted octanol–water partition coefficient (Wildman–Crippen LogP) is 2.25. The fourth-order valence-electron chi connectivity index (χ4n) is 1.95. The average Bonchev–Trinajstić information content (AvgIpc) is 2.81. The summed E-state index contributed by atoms with van der Waals surface area (Å²) in [5.74, 6) is 1.60. The highest BCUT2D eigenvalue weighted by molar-refractivity contribution is 5.85. The Kier molecular flexibility index (Phi) is 2.87. The molecule has 5 nitrogen and oxygen atoms in total. The highest BCUT2D eigenvalue weighted by atomic mass is 16.5. The second-order valence-corrected chi connectivity index (χ2v) is 4.36. The summed E-state index contributed by atoms with van der Waals surface area (Å²) in [6.45, 7) is 2.37. The molecule has 5 heteroatoms. The Hall–Kier alpha value is -2.43. The van der Waals surface area contributed by atoms with Gasteiger partial charge in [0.05, 0.1) is 5.52 Å². The van der Waals surface area contributed by atoms with Crippen molar-refractivity contribution >= 4 is 10.9 Å². The molecule has 0 fully saturated rings. The van der Waals surface area contributed by atoms with Crippen LogP contribution in [0.25, 0.3) is 10.9 Å². The van der Waals surface area contributed by atoms with Gasteiger partial charge in [-0.15, -0.1) is 0 Å². The summed E-state index contributed by atoms with van der Waals surface area (Å²) in [4.78, 5) is 8.62. The minimum Gasteiger partial charge on any atom is -0.485 e. The van der Waals surface area contributed by atoms with E-state index in [1.54, 1.807) is 4.68 Å². The van der Waals surface area contributed by atoms with Crippen LogP contribution in [0.3, 0.4) is 0 Å². The quantitative estimate of drug-likeness (QED) is 0.719. The summed E-state index contributed by atoms with van der Waals surface area (Å²) in [6.07, 6.45) is 1.52. The lowest BCUT2D eigenvalue weighted by Crippen LogP contribution is -2.04. The van der Waals surface area contributed by atoms with Crippen LogP contribution in [0, 0.1) is 6.92 Å². The maximum absolute atomic E-state index is 5.82. The molecule has 0 unspecified atom stereocenters. The fourth-order valence-corrected chi connectivity index (χ4v) is 1.95. The van der Waals surface area contributed by atoms with E-state index < -0.39 is 0 Å². The molecule has 3 aromatic rings. The summed E-state index contributed by atoms with van der Waals surface area (Å²) in [6, 6.07) is 9.88. The number of aryl methyl sites for hydroxylation is 2. The Labute approximate surface area is 110 Å². The Bertz CT molecular complexity index is 720. The van der Waals surface area contributed by atoms with Gasteiger partial charge in [0.2, 0.25) is 0 Å². The smallest absolute Gasteiger partial charge is 0.164 e. The standard InChI is InChI=1S/C14H14N4O/c1-10-6-7-11-12(17-10)4-3-5-13(11)19-8-14-15-9-16-18(14)2/h3-7,9H,8H2,1-2H3. The normalized spacial score (nSPS) is 10.8. The SMILES string of the molecule is Cc1ccc2c(OCc3ncnn3C)cccc2n1. The minimum atomic E-state index is 0.392. The Morgan fingerprint density at radius 3 is 2.89 bits per heavy atom. The minimum absolute atomic E-state index is 0.392. The maximum Gasteiger partial charge on any atom is 0.164 e. The largest absolute Gasteiger partial charge is 0.485 e. The predicted molar refractivity (Wildman–Crippen MR) is 71.8 cm³/mol. The molecule has 19 heavy (non-hydrogen) atoms. The van der Waals surface area contributed by atoms with E-state index in [0.717, 1.165) is 28.2 Å². The average molecular weight is 254 g/mol. The molecular formula is C14H14N4O. The summed E-state index contributed by atoms with van der Waals surface area (Å²) in [7, 11) is 1.85. The zero-order valence-corrected chi connectivity index (χ0v) is 10.9. The Morgan fingerprint density at radius 1 is 1.21 bits per heavy atom. The van der Waals surface area contributed by atoms with Crippen molar-refractivity contribution in [2.45, 2.75) is 13.5 Å². The lowest BCUT2D eigenvalue weighted by molar-refractivity contribution is 0.293. The van der Waals surface area contributed by atoms with E-state index in [-0.39, 0.29) is 0 Å². The highest BCUT2D eigenvalue weighted by Crippen LogP contribution is 2.25. The summed E-state index contributed by atoms with van der Waals surface area (Å²) >= 11 is 0. The molecule has 0 spiro atoms. The van der Waals surface area contributed by atoms with Crippen LogP contribution in [0.1, 0.15) is 11.5 Å². The molecule has 0 atom stereocenters. The first-order valence-corrected chi connectivity index (χ1v) is 6.06. The van der Waals surface area contributed by atoms with Crippen molar-refractivity contribution < 1.29 is 4.74 Å². The lowest BCUT2D eigenvalue weighted by Gasteiger charge is -2.08. The van der Waals surface area contributed by atoms with Gasteiger partial charge in [0.15, 0.2) is 5.82 Å². The molecule has 1 aromatic carbocycles. The summed E-state index contributed by atoms with van der Waals surface area (Å²) < 4.78 is 7.52. The van der Waals surface area contributed by atoms with Crippen molar-refractivity contribution in [1.82, 2.24) is 19.7 Å². The molecule has 0 amide bonds. The molecule has 2 aromatic heterocycles. The number of rotatable bonds is 3. The molecule has 0 saturated heterocycles. The third-order valence-corrected chi connectivity index (χ3v) is 2.99. The van der Waals surface area contributed by atoms with Crippen LogP contribution in [-0.4, -0.2) is 19.7 Å². The number of ether oxygens (including phenoxy) is 1. The van der Waals surface area contributed by atoms with E-state index in [0.29, 0.717) is 6.61 Å². The number of pyridine rings is 1. The first-order valence-electron chi connectivity index (χ1n) is 6.06. The summed E-state index contributed by atoms with van der Waals surface area (Å²) in [5, 5.41) is 5.03. The van der Waals surface area contributed by atoms with Crippen LogP contribution in [0.4, 0.5) is 0 Å². The molecule has 3 rings (SSSR count). The Morgan fingerprint density at radius 2 is 2.11 bits per heavy atom. The van der Waals surface area contributed by atoms with Gasteiger partial charge in [-0.05, 0) is 31.2 Å². The Balaban J connectivity index is 1.91. The summed E-state index contributed by atoms with van der Waals surface area (Å²) in [5.41, 5.74) is 1.94. The van der Waals surface area contributed by atoms with E-state index in [1.165, 1.54) is 6.33 Å². The van der Waals surface area contributed by atoms with Gasteiger partial charge in [-0.25, -0.2) is 4.98 Å². The van der Waals surface area contributed by atoms with Gasteiger partial charge in [-0.2, -0.15) is 5.10 Å². The molecule has 0 bridgehead atoms. The van der Waals surface area contributed by atoms with Gasteiger partial charge >= 0.3 is 0 Å². The number of aromatic nitrogens is 4. The van der Waals surface area contributed by atoms with Crippen LogP contribution in [0.5, 0.6) is 5.75 Å². The number of hydrogen-bond donors (Lipinski definition) is 0. The molecule has 0 radical (unpaired) electrons. The van der Waals surface area contributed by atoms with Crippen LogP contribution in [0.15, 0.2) is 36.7 Å². The molecule has 0 aliphatic rings. The third kappa shape index (κ3) is 2.27. The molecule has 2 heterocycles. The zero-order valence-electron chi connectivity index (χ0n) is 10.9. The van der Waals surface area contributed by atoms with E-state index >= 15 is 0 Å². The van der Waals surface area contributed by atoms with Crippen molar-refractivity contribution in [3.05, 3.63) is 48.2 Å². The van der Waals surface area contributed by atoms with Gasteiger partial charge in [0.25, 0.3) is 0 Å².